The number of alkyl halides is 3. The molecule has 2 rings (SSSR count). The first-order chi connectivity index (χ1) is 9.76. The first kappa shape index (κ1) is 16.0. The van der Waals surface area contributed by atoms with Crippen molar-refractivity contribution in [3.05, 3.63) is 43.8 Å². The standard InChI is InChI=1S/C14H14F3NOS2/c1-9-6-12(10(2)21-9)13(19)18(8-14(15,16)17)7-11-4-3-5-20-11/h3-6H,7-8H2,1-2H3. The Balaban J connectivity index is 2.25. The Morgan fingerprint density at radius 2 is 2.05 bits per heavy atom. The number of amides is 1. The van der Waals surface area contributed by atoms with Crippen molar-refractivity contribution in [3.63, 3.8) is 0 Å². The quantitative estimate of drug-likeness (QED) is 0.799. The van der Waals surface area contributed by atoms with Gasteiger partial charge in [-0.3, -0.25) is 4.79 Å². The van der Waals surface area contributed by atoms with Gasteiger partial charge in [0.1, 0.15) is 6.54 Å². The molecule has 0 N–H and O–H groups in total. The second-order valence-electron chi connectivity index (χ2n) is 4.68. The van der Waals surface area contributed by atoms with E-state index in [1.54, 1.807) is 30.5 Å². The highest BCUT2D eigenvalue weighted by Gasteiger charge is 2.34. The van der Waals surface area contributed by atoms with Crippen LogP contribution in [0.2, 0.25) is 0 Å². The van der Waals surface area contributed by atoms with Crippen LogP contribution in [0.1, 0.15) is 25.0 Å². The van der Waals surface area contributed by atoms with Gasteiger partial charge in [-0.25, -0.2) is 0 Å². The van der Waals surface area contributed by atoms with Crippen LogP contribution in [0.3, 0.4) is 0 Å². The van der Waals surface area contributed by atoms with Crippen LogP contribution >= 0.6 is 22.7 Å². The van der Waals surface area contributed by atoms with Gasteiger partial charge in [-0.2, -0.15) is 13.2 Å². The molecule has 2 heterocycles. The molecular formula is C14H14F3NOS2. The molecule has 0 saturated carbocycles. The maximum atomic E-state index is 12.7. The lowest BCUT2D eigenvalue weighted by Crippen LogP contribution is -2.38. The molecule has 21 heavy (non-hydrogen) atoms. The van der Waals surface area contributed by atoms with Crippen LogP contribution in [-0.2, 0) is 6.54 Å². The number of halogens is 3. The first-order valence-corrected chi connectivity index (χ1v) is 7.91. The molecule has 1 amide bonds. The molecule has 0 saturated heterocycles. The number of aryl methyl sites for hydroxylation is 2. The molecule has 2 aromatic rings. The van der Waals surface area contributed by atoms with Gasteiger partial charge in [-0.05, 0) is 31.4 Å². The predicted octanol–water partition coefficient (Wildman–Crippen LogP) is 4.63. The number of thiophene rings is 2. The summed E-state index contributed by atoms with van der Waals surface area (Å²) >= 11 is 2.76. The Morgan fingerprint density at radius 1 is 1.33 bits per heavy atom. The second kappa shape index (κ2) is 6.19. The lowest BCUT2D eigenvalue weighted by Gasteiger charge is -2.23. The zero-order valence-electron chi connectivity index (χ0n) is 11.5. The molecule has 7 heteroatoms. The normalized spacial score (nSPS) is 11.7. The number of nitrogens with zero attached hydrogens (tertiary/aromatic N) is 1. The van der Waals surface area contributed by atoms with Gasteiger partial charge in [0, 0.05) is 14.6 Å². The molecule has 0 unspecified atom stereocenters. The molecule has 0 aliphatic heterocycles. The summed E-state index contributed by atoms with van der Waals surface area (Å²) in [4.78, 5) is 15.7. The Hall–Kier alpha value is -1.34. The molecule has 0 aromatic carbocycles. The van der Waals surface area contributed by atoms with Crippen molar-refractivity contribution >= 4 is 28.6 Å². The van der Waals surface area contributed by atoms with E-state index in [9.17, 15) is 18.0 Å². The molecule has 0 bridgehead atoms. The minimum absolute atomic E-state index is 0.0235. The fraction of sp³-hybridized carbons (Fsp3) is 0.357. The molecule has 114 valence electrons. The zero-order valence-corrected chi connectivity index (χ0v) is 13.2. The summed E-state index contributed by atoms with van der Waals surface area (Å²) in [7, 11) is 0. The summed E-state index contributed by atoms with van der Waals surface area (Å²) in [5, 5.41) is 1.78. The highest BCUT2D eigenvalue weighted by atomic mass is 32.1. The van der Waals surface area contributed by atoms with Gasteiger partial charge >= 0.3 is 6.18 Å². The molecule has 0 aliphatic rings. The lowest BCUT2D eigenvalue weighted by molar-refractivity contribution is -0.141. The summed E-state index contributed by atoms with van der Waals surface area (Å²) in [6.07, 6.45) is -4.41. The summed E-state index contributed by atoms with van der Waals surface area (Å²) in [6, 6.07) is 5.14. The van der Waals surface area contributed by atoms with Crippen LogP contribution in [-0.4, -0.2) is 23.5 Å². The average molecular weight is 333 g/mol. The summed E-state index contributed by atoms with van der Waals surface area (Å²) in [6.45, 7) is 2.33. The first-order valence-electron chi connectivity index (χ1n) is 6.22. The summed E-state index contributed by atoms with van der Waals surface area (Å²) in [5.41, 5.74) is 0.360. The van der Waals surface area contributed by atoms with Crippen molar-refractivity contribution in [1.82, 2.24) is 4.90 Å². The molecule has 0 aliphatic carbocycles. The fourth-order valence-corrected chi connectivity index (χ4v) is 3.66. The smallest absolute Gasteiger partial charge is 0.324 e. The van der Waals surface area contributed by atoms with E-state index >= 15 is 0 Å². The molecule has 2 nitrogen and oxygen atoms in total. The topological polar surface area (TPSA) is 20.3 Å². The molecule has 0 spiro atoms. The Morgan fingerprint density at radius 3 is 2.52 bits per heavy atom. The third-order valence-corrected chi connectivity index (χ3v) is 4.68. The minimum Gasteiger partial charge on any atom is -0.324 e. The predicted molar refractivity (Wildman–Crippen MR) is 78.9 cm³/mol. The van der Waals surface area contributed by atoms with E-state index in [2.05, 4.69) is 0 Å². The van der Waals surface area contributed by atoms with Crippen molar-refractivity contribution in [3.8, 4) is 0 Å². The zero-order chi connectivity index (χ0) is 15.6. The number of carbonyl (C=O) groups excluding carboxylic acids is 1. The highest BCUT2D eigenvalue weighted by molar-refractivity contribution is 7.12. The van der Waals surface area contributed by atoms with Gasteiger partial charge in [0.05, 0.1) is 12.1 Å². The molecule has 0 fully saturated rings. The van der Waals surface area contributed by atoms with Crippen LogP contribution in [0.15, 0.2) is 23.6 Å². The van der Waals surface area contributed by atoms with Crippen molar-refractivity contribution < 1.29 is 18.0 Å². The maximum absolute atomic E-state index is 12.7. The summed E-state index contributed by atoms with van der Waals surface area (Å²) < 4.78 is 38.2. The van der Waals surface area contributed by atoms with Gasteiger partial charge < -0.3 is 4.90 Å². The summed E-state index contributed by atoms with van der Waals surface area (Å²) in [5.74, 6) is -0.567. The van der Waals surface area contributed by atoms with Crippen molar-refractivity contribution in [2.75, 3.05) is 6.54 Å². The largest absolute Gasteiger partial charge is 0.406 e. The van der Waals surface area contributed by atoms with Crippen LogP contribution in [0.25, 0.3) is 0 Å². The third kappa shape index (κ3) is 4.31. The SMILES string of the molecule is Cc1cc(C(=O)N(Cc2cccs2)CC(F)(F)F)c(C)s1. The maximum Gasteiger partial charge on any atom is 0.406 e. The van der Waals surface area contributed by atoms with E-state index in [0.717, 1.165) is 19.5 Å². The van der Waals surface area contributed by atoms with E-state index < -0.39 is 18.6 Å². The van der Waals surface area contributed by atoms with Crippen molar-refractivity contribution in [2.45, 2.75) is 26.6 Å². The molecule has 2 aromatic heterocycles. The van der Waals surface area contributed by atoms with E-state index in [0.29, 0.717) is 5.56 Å². The Labute approximate surface area is 128 Å². The number of carbonyl (C=O) groups is 1. The number of hydrogen-bond acceptors (Lipinski definition) is 3. The van der Waals surface area contributed by atoms with Crippen molar-refractivity contribution in [1.29, 1.82) is 0 Å². The van der Waals surface area contributed by atoms with Gasteiger partial charge in [-0.15, -0.1) is 22.7 Å². The monoisotopic (exact) mass is 333 g/mol. The lowest BCUT2D eigenvalue weighted by atomic mass is 10.2. The number of hydrogen-bond donors (Lipinski definition) is 0. The Bertz CT molecular complexity index is 617. The highest BCUT2D eigenvalue weighted by Crippen LogP contribution is 2.26. The molecular weight excluding hydrogens is 319 g/mol. The number of rotatable bonds is 4. The third-order valence-electron chi connectivity index (χ3n) is 2.86. The van der Waals surface area contributed by atoms with E-state index in [4.69, 9.17) is 0 Å². The van der Waals surface area contributed by atoms with Crippen LogP contribution in [0, 0.1) is 13.8 Å². The van der Waals surface area contributed by atoms with Crippen LogP contribution in [0.4, 0.5) is 13.2 Å². The molecule has 0 atom stereocenters. The van der Waals surface area contributed by atoms with Crippen LogP contribution in [0.5, 0.6) is 0 Å². The van der Waals surface area contributed by atoms with Gasteiger partial charge in [-0.1, -0.05) is 6.07 Å². The second-order valence-corrected chi connectivity index (χ2v) is 7.18. The average Bonchev–Trinajstić information content (AvgIpc) is 2.95. The van der Waals surface area contributed by atoms with E-state index in [1.165, 1.54) is 22.7 Å². The van der Waals surface area contributed by atoms with Gasteiger partial charge in [0.25, 0.3) is 5.91 Å². The van der Waals surface area contributed by atoms with E-state index in [-0.39, 0.29) is 6.54 Å². The molecule has 0 radical (unpaired) electrons. The minimum atomic E-state index is -4.41. The van der Waals surface area contributed by atoms with Crippen molar-refractivity contribution in [2.24, 2.45) is 0 Å². The van der Waals surface area contributed by atoms with Gasteiger partial charge in [0.15, 0.2) is 0 Å². The Kier molecular flexibility index (Phi) is 4.73. The van der Waals surface area contributed by atoms with E-state index in [1.807, 2.05) is 6.92 Å². The fourth-order valence-electron chi connectivity index (χ4n) is 2.02. The van der Waals surface area contributed by atoms with Crippen LogP contribution < -0.4 is 0 Å². The van der Waals surface area contributed by atoms with Gasteiger partial charge in [0.2, 0.25) is 0 Å².